The molecule has 156 valence electrons. The fourth-order valence-corrected chi connectivity index (χ4v) is 4.27. The van der Waals surface area contributed by atoms with Crippen LogP contribution in [0.3, 0.4) is 0 Å². The van der Waals surface area contributed by atoms with Crippen molar-refractivity contribution < 1.29 is 9.21 Å². The normalized spacial score (nSPS) is 16.5. The van der Waals surface area contributed by atoms with E-state index in [-0.39, 0.29) is 11.8 Å². The lowest BCUT2D eigenvalue weighted by Gasteiger charge is -2.31. The molecule has 6 nitrogen and oxygen atoms in total. The Morgan fingerprint density at radius 3 is 2.84 bits per heavy atom. The number of rotatable bonds is 4. The largest absolute Gasteiger partial charge is 0.419 e. The minimum Gasteiger partial charge on any atom is -0.419 e. The first-order chi connectivity index (χ1) is 15.2. The monoisotopic (exact) mass is 412 g/mol. The first-order valence-corrected chi connectivity index (χ1v) is 10.7. The number of fused-ring (bicyclic) bond motifs is 1. The van der Waals surface area contributed by atoms with Gasteiger partial charge in [0.05, 0.1) is 12.3 Å². The summed E-state index contributed by atoms with van der Waals surface area (Å²) in [6.45, 7) is 3.42. The lowest BCUT2D eigenvalue weighted by Crippen LogP contribution is -2.40. The number of benzene rings is 2. The van der Waals surface area contributed by atoms with E-state index in [0.29, 0.717) is 30.4 Å². The number of pyridine rings is 1. The maximum absolute atomic E-state index is 12.9. The van der Waals surface area contributed by atoms with Crippen molar-refractivity contribution in [1.29, 1.82) is 0 Å². The lowest BCUT2D eigenvalue weighted by molar-refractivity contribution is -0.131. The summed E-state index contributed by atoms with van der Waals surface area (Å²) in [7, 11) is 0. The molecule has 6 heteroatoms. The molecule has 4 aromatic rings. The van der Waals surface area contributed by atoms with Crippen LogP contribution >= 0.6 is 0 Å². The third-order valence-electron chi connectivity index (χ3n) is 6.04. The van der Waals surface area contributed by atoms with Crippen LogP contribution in [0.15, 0.2) is 65.2 Å². The molecule has 0 unspecified atom stereocenters. The van der Waals surface area contributed by atoms with Crippen molar-refractivity contribution in [2.75, 3.05) is 13.1 Å². The van der Waals surface area contributed by atoms with Gasteiger partial charge in [0.15, 0.2) is 0 Å². The van der Waals surface area contributed by atoms with E-state index in [9.17, 15) is 4.79 Å². The number of hydrogen-bond donors (Lipinski definition) is 0. The Balaban J connectivity index is 1.34. The first kappa shape index (κ1) is 19.4. The van der Waals surface area contributed by atoms with Gasteiger partial charge in [0, 0.05) is 24.7 Å². The van der Waals surface area contributed by atoms with Gasteiger partial charge in [0.2, 0.25) is 11.8 Å². The van der Waals surface area contributed by atoms with Crippen molar-refractivity contribution in [2.45, 2.75) is 32.1 Å². The van der Waals surface area contributed by atoms with Crippen molar-refractivity contribution >= 4 is 16.7 Å². The molecule has 2 aromatic carbocycles. The Bertz CT molecular complexity index is 1230. The molecule has 1 atom stereocenters. The van der Waals surface area contributed by atoms with Gasteiger partial charge in [0.25, 0.3) is 5.89 Å². The van der Waals surface area contributed by atoms with E-state index < -0.39 is 0 Å². The summed E-state index contributed by atoms with van der Waals surface area (Å²) in [5, 5.41) is 10.7. The van der Waals surface area contributed by atoms with Crippen molar-refractivity contribution in [1.82, 2.24) is 20.1 Å². The van der Waals surface area contributed by atoms with E-state index in [1.807, 2.05) is 66.4 Å². The van der Waals surface area contributed by atoms with Crippen molar-refractivity contribution in [3.8, 4) is 11.6 Å². The van der Waals surface area contributed by atoms with Crippen LogP contribution in [0.4, 0.5) is 0 Å². The number of hydrogen-bond acceptors (Lipinski definition) is 5. The summed E-state index contributed by atoms with van der Waals surface area (Å²) in [5.74, 6) is 1.20. The molecule has 0 N–H and O–H groups in total. The zero-order chi connectivity index (χ0) is 21.2. The molecule has 0 aliphatic carbocycles. The van der Waals surface area contributed by atoms with Crippen LogP contribution in [-0.2, 0) is 11.2 Å². The van der Waals surface area contributed by atoms with Crippen LogP contribution in [0.2, 0.25) is 0 Å². The van der Waals surface area contributed by atoms with Gasteiger partial charge in [-0.25, -0.2) is 0 Å². The van der Waals surface area contributed by atoms with Crippen LogP contribution in [-0.4, -0.2) is 39.1 Å². The number of carbonyl (C=O) groups is 1. The third kappa shape index (κ3) is 3.93. The molecule has 5 rings (SSSR count). The van der Waals surface area contributed by atoms with Gasteiger partial charge >= 0.3 is 0 Å². The smallest absolute Gasteiger partial charge is 0.266 e. The molecule has 1 amide bonds. The van der Waals surface area contributed by atoms with Gasteiger partial charge < -0.3 is 9.32 Å². The Labute approximate surface area is 180 Å². The predicted octanol–water partition coefficient (Wildman–Crippen LogP) is 4.54. The van der Waals surface area contributed by atoms with Gasteiger partial charge in [0.1, 0.15) is 5.69 Å². The van der Waals surface area contributed by atoms with Crippen molar-refractivity contribution in [2.24, 2.45) is 0 Å². The molecule has 2 aromatic heterocycles. The van der Waals surface area contributed by atoms with E-state index in [1.165, 1.54) is 0 Å². The van der Waals surface area contributed by atoms with Crippen LogP contribution in [0, 0.1) is 6.92 Å². The molecular formula is C25H24N4O2. The molecule has 1 fully saturated rings. The number of aromatic nitrogens is 3. The fraction of sp³-hybridized carbons (Fsp3) is 0.280. The number of aryl methyl sites for hydroxylation is 1. The standard InChI is InChI=1S/C25H24N4O2/c1-17-7-2-3-9-19(17)15-22(30)29-14-6-10-20(16-29)24-27-28-25(31-24)23-21-11-5-4-8-18(21)12-13-26-23/h2-5,7-9,11-13,20H,6,10,14-16H2,1H3/t20-/m1/s1. The van der Waals surface area contributed by atoms with E-state index in [1.54, 1.807) is 6.20 Å². The van der Waals surface area contributed by atoms with Crippen LogP contribution in [0.5, 0.6) is 0 Å². The van der Waals surface area contributed by atoms with E-state index >= 15 is 0 Å². The van der Waals surface area contributed by atoms with Gasteiger partial charge in [-0.15, -0.1) is 10.2 Å². The van der Waals surface area contributed by atoms with Crippen LogP contribution in [0.1, 0.15) is 35.8 Å². The molecule has 1 aliphatic heterocycles. The minimum atomic E-state index is 0.0470. The van der Waals surface area contributed by atoms with Crippen molar-refractivity contribution in [3.05, 3.63) is 77.8 Å². The topological polar surface area (TPSA) is 72.1 Å². The number of likely N-dealkylation sites (tertiary alicyclic amines) is 1. The minimum absolute atomic E-state index is 0.0470. The molecule has 0 bridgehead atoms. The second-order valence-electron chi connectivity index (χ2n) is 8.11. The van der Waals surface area contributed by atoms with E-state index in [0.717, 1.165) is 41.3 Å². The second kappa shape index (κ2) is 8.30. The Morgan fingerprint density at radius 2 is 1.94 bits per heavy atom. The number of nitrogens with zero attached hydrogens (tertiary/aromatic N) is 4. The lowest BCUT2D eigenvalue weighted by atomic mass is 9.97. The zero-order valence-electron chi connectivity index (χ0n) is 17.5. The molecule has 0 radical (unpaired) electrons. The number of carbonyl (C=O) groups excluding carboxylic acids is 1. The first-order valence-electron chi connectivity index (χ1n) is 10.7. The van der Waals surface area contributed by atoms with Crippen molar-refractivity contribution in [3.63, 3.8) is 0 Å². The molecule has 31 heavy (non-hydrogen) atoms. The van der Waals surface area contributed by atoms with Gasteiger partial charge in [-0.3, -0.25) is 9.78 Å². The second-order valence-corrected chi connectivity index (χ2v) is 8.11. The summed E-state index contributed by atoms with van der Waals surface area (Å²) in [5.41, 5.74) is 2.92. The Kier molecular flexibility index (Phi) is 5.20. The Morgan fingerprint density at radius 1 is 1.10 bits per heavy atom. The number of piperidine rings is 1. The maximum atomic E-state index is 12.9. The zero-order valence-corrected chi connectivity index (χ0v) is 17.5. The molecule has 3 heterocycles. The highest BCUT2D eigenvalue weighted by Gasteiger charge is 2.29. The SMILES string of the molecule is Cc1ccccc1CC(=O)N1CCC[C@@H](c2nnc(-c3nccc4ccccc34)o2)C1. The fourth-order valence-electron chi connectivity index (χ4n) is 4.27. The number of amides is 1. The van der Waals surface area contributed by atoms with Gasteiger partial charge in [-0.05, 0) is 42.3 Å². The molecule has 0 saturated carbocycles. The highest BCUT2D eigenvalue weighted by atomic mass is 16.4. The maximum Gasteiger partial charge on any atom is 0.266 e. The summed E-state index contributed by atoms with van der Waals surface area (Å²) in [4.78, 5) is 19.3. The molecule has 1 saturated heterocycles. The molecule has 1 aliphatic rings. The summed E-state index contributed by atoms with van der Waals surface area (Å²) < 4.78 is 6.06. The molecule has 0 spiro atoms. The summed E-state index contributed by atoms with van der Waals surface area (Å²) in [6, 6.07) is 18.0. The van der Waals surface area contributed by atoms with Crippen LogP contribution in [0.25, 0.3) is 22.4 Å². The van der Waals surface area contributed by atoms with Gasteiger partial charge in [-0.2, -0.15) is 0 Å². The highest BCUT2D eigenvalue weighted by molar-refractivity contribution is 5.92. The van der Waals surface area contributed by atoms with Gasteiger partial charge in [-0.1, -0.05) is 48.5 Å². The predicted molar refractivity (Wildman–Crippen MR) is 118 cm³/mol. The third-order valence-corrected chi connectivity index (χ3v) is 6.04. The van der Waals surface area contributed by atoms with E-state index in [2.05, 4.69) is 15.2 Å². The Hall–Kier alpha value is -3.54. The average molecular weight is 412 g/mol. The summed E-state index contributed by atoms with van der Waals surface area (Å²) in [6.07, 6.45) is 4.04. The quantitative estimate of drug-likeness (QED) is 0.492. The van der Waals surface area contributed by atoms with Crippen LogP contribution < -0.4 is 0 Å². The highest BCUT2D eigenvalue weighted by Crippen LogP contribution is 2.30. The molecular weight excluding hydrogens is 388 g/mol. The average Bonchev–Trinajstić information content (AvgIpc) is 3.30. The van der Waals surface area contributed by atoms with E-state index in [4.69, 9.17) is 4.42 Å². The summed E-state index contributed by atoms with van der Waals surface area (Å²) >= 11 is 0.